The number of aromatic amines is 1. The Balaban J connectivity index is 3.45. The Kier molecular flexibility index (Phi) is 1.67. The van der Waals surface area contributed by atoms with E-state index in [4.69, 9.17) is 0 Å². The number of halogens is 1. The first kappa shape index (κ1) is 7.39. The van der Waals surface area contributed by atoms with Crippen molar-refractivity contribution in [1.29, 1.82) is 0 Å². The summed E-state index contributed by atoms with van der Waals surface area (Å²) in [7, 11) is 0. The monoisotopic (exact) mass is 158 g/mol. The lowest BCUT2D eigenvalue weighted by Crippen LogP contribution is -2.09. The number of nitro groups is 1. The van der Waals surface area contributed by atoms with E-state index >= 15 is 0 Å². The topological polar surface area (TPSA) is 76.0 Å². The van der Waals surface area contributed by atoms with Crippen LogP contribution in [0.4, 0.5) is 10.1 Å². The fourth-order valence-corrected chi connectivity index (χ4v) is 0.616. The molecule has 0 fully saturated rings. The smallest absolute Gasteiger partial charge is 0.332 e. The SMILES string of the molecule is O=c1cc[nH]c(F)c1[N+](=O)[O-]. The number of rotatable bonds is 1. The molecule has 0 saturated carbocycles. The van der Waals surface area contributed by atoms with Crippen LogP contribution in [0.25, 0.3) is 0 Å². The average molecular weight is 158 g/mol. The third-order valence-corrected chi connectivity index (χ3v) is 1.07. The van der Waals surface area contributed by atoms with Crippen LogP contribution in [0, 0.1) is 16.1 Å². The van der Waals surface area contributed by atoms with E-state index in [1.165, 1.54) is 0 Å². The van der Waals surface area contributed by atoms with Gasteiger partial charge in [-0.1, -0.05) is 0 Å². The van der Waals surface area contributed by atoms with Gasteiger partial charge in [-0.2, -0.15) is 4.39 Å². The summed E-state index contributed by atoms with van der Waals surface area (Å²) in [6.07, 6.45) is 1.00. The minimum absolute atomic E-state index is 0.890. The summed E-state index contributed by atoms with van der Waals surface area (Å²) in [6.45, 7) is 0. The Labute approximate surface area is 59.6 Å². The molecule has 11 heavy (non-hydrogen) atoms. The van der Waals surface area contributed by atoms with Gasteiger partial charge < -0.3 is 4.98 Å². The highest BCUT2D eigenvalue weighted by Crippen LogP contribution is 2.05. The van der Waals surface area contributed by atoms with Crippen LogP contribution >= 0.6 is 0 Å². The van der Waals surface area contributed by atoms with Crippen LogP contribution in [0.15, 0.2) is 17.1 Å². The van der Waals surface area contributed by atoms with Gasteiger partial charge in [0.05, 0.1) is 4.92 Å². The van der Waals surface area contributed by atoms with E-state index in [-0.39, 0.29) is 0 Å². The lowest BCUT2D eigenvalue weighted by molar-refractivity contribution is -0.389. The highest BCUT2D eigenvalue weighted by Gasteiger charge is 2.17. The van der Waals surface area contributed by atoms with Crippen molar-refractivity contribution in [3.63, 3.8) is 0 Å². The molecule has 1 N–H and O–H groups in total. The molecule has 1 heterocycles. The minimum atomic E-state index is -1.22. The molecule has 6 heteroatoms. The van der Waals surface area contributed by atoms with Crippen molar-refractivity contribution in [2.75, 3.05) is 0 Å². The molecule has 0 spiro atoms. The molecule has 0 radical (unpaired) electrons. The van der Waals surface area contributed by atoms with Gasteiger partial charge in [-0.3, -0.25) is 14.9 Å². The van der Waals surface area contributed by atoms with Crippen molar-refractivity contribution in [3.05, 3.63) is 38.5 Å². The molecule has 0 aliphatic carbocycles. The van der Waals surface area contributed by atoms with Crippen molar-refractivity contribution in [1.82, 2.24) is 4.98 Å². The molecule has 0 atom stereocenters. The molecule has 0 saturated heterocycles. The summed E-state index contributed by atoms with van der Waals surface area (Å²) in [4.78, 5) is 21.4. The van der Waals surface area contributed by atoms with E-state index in [0.29, 0.717) is 0 Å². The summed E-state index contributed by atoms with van der Waals surface area (Å²) in [5, 5.41) is 9.99. The molecule has 58 valence electrons. The van der Waals surface area contributed by atoms with Gasteiger partial charge in [-0.25, -0.2) is 0 Å². The summed E-state index contributed by atoms with van der Waals surface area (Å²) < 4.78 is 12.4. The van der Waals surface area contributed by atoms with Crippen LogP contribution in [-0.2, 0) is 0 Å². The Bertz CT molecular complexity index is 346. The maximum atomic E-state index is 12.4. The molecule has 0 amide bonds. The summed E-state index contributed by atoms with van der Waals surface area (Å²) >= 11 is 0. The maximum Gasteiger partial charge on any atom is 0.368 e. The molecule has 0 bridgehead atoms. The zero-order valence-corrected chi connectivity index (χ0v) is 5.20. The summed E-state index contributed by atoms with van der Waals surface area (Å²) in [5.41, 5.74) is -1.99. The normalized spacial score (nSPS) is 9.55. The fourth-order valence-electron chi connectivity index (χ4n) is 0.616. The molecule has 1 aromatic heterocycles. The Hall–Kier alpha value is -1.72. The first-order chi connectivity index (χ1) is 5.13. The van der Waals surface area contributed by atoms with E-state index in [1.807, 2.05) is 4.98 Å². The lowest BCUT2D eigenvalue weighted by Gasteiger charge is -1.89. The molecule has 0 aliphatic heterocycles. The van der Waals surface area contributed by atoms with Gasteiger partial charge in [0.15, 0.2) is 0 Å². The summed E-state index contributed by atoms with van der Waals surface area (Å²) in [5.74, 6) is -1.22. The predicted octanol–water partition coefficient (Wildman–Crippen LogP) is 0.422. The number of pyridine rings is 1. The van der Waals surface area contributed by atoms with Gasteiger partial charge in [-0.15, -0.1) is 0 Å². The highest BCUT2D eigenvalue weighted by molar-refractivity contribution is 5.26. The second-order valence-electron chi connectivity index (χ2n) is 1.76. The minimum Gasteiger partial charge on any atom is -0.332 e. The van der Waals surface area contributed by atoms with Gasteiger partial charge >= 0.3 is 5.69 Å². The molecular formula is C5H3FN2O3. The van der Waals surface area contributed by atoms with Crippen LogP contribution in [0.1, 0.15) is 0 Å². The molecule has 1 rings (SSSR count). The number of hydrogen-bond acceptors (Lipinski definition) is 3. The summed E-state index contributed by atoms with van der Waals surface area (Å²) in [6, 6.07) is 0.890. The number of H-pyrrole nitrogens is 1. The number of nitrogens with one attached hydrogen (secondary N) is 1. The standard InChI is InChI=1S/C5H3FN2O3/c6-5-4(8(10)11)3(9)1-2-7-5/h1-2H,(H,7,9). The first-order valence-electron chi connectivity index (χ1n) is 2.64. The Morgan fingerprint density at radius 2 is 2.27 bits per heavy atom. The van der Waals surface area contributed by atoms with E-state index in [2.05, 4.69) is 0 Å². The van der Waals surface area contributed by atoms with E-state index in [9.17, 15) is 19.3 Å². The molecule has 5 nitrogen and oxygen atoms in total. The average Bonchev–Trinajstić information content (AvgIpc) is 1.85. The largest absolute Gasteiger partial charge is 0.368 e. The van der Waals surface area contributed by atoms with Crippen molar-refractivity contribution in [2.45, 2.75) is 0 Å². The predicted molar refractivity (Wildman–Crippen MR) is 33.7 cm³/mol. The van der Waals surface area contributed by atoms with Crippen LogP contribution < -0.4 is 5.43 Å². The van der Waals surface area contributed by atoms with Crippen molar-refractivity contribution >= 4 is 5.69 Å². The fraction of sp³-hybridized carbons (Fsp3) is 0. The van der Waals surface area contributed by atoms with E-state index in [0.717, 1.165) is 12.3 Å². The van der Waals surface area contributed by atoms with E-state index < -0.39 is 22.0 Å². The second-order valence-corrected chi connectivity index (χ2v) is 1.76. The van der Waals surface area contributed by atoms with Crippen LogP contribution in [-0.4, -0.2) is 9.91 Å². The second kappa shape index (κ2) is 2.49. The zero-order chi connectivity index (χ0) is 8.43. The van der Waals surface area contributed by atoms with Gasteiger partial charge in [0.25, 0.3) is 11.4 Å². The van der Waals surface area contributed by atoms with Crippen molar-refractivity contribution < 1.29 is 9.31 Å². The Morgan fingerprint density at radius 1 is 1.64 bits per heavy atom. The van der Waals surface area contributed by atoms with Gasteiger partial charge in [0.1, 0.15) is 0 Å². The van der Waals surface area contributed by atoms with Gasteiger partial charge in [0.2, 0.25) is 0 Å². The molecular weight excluding hydrogens is 155 g/mol. The third-order valence-electron chi connectivity index (χ3n) is 1.07. The van der Waals surface area contributed by atoms with E-state index in [1.54, 1.807) is 0 Å². The Morgan fingerprint density at radius 3 is 2.64 bits per heavy atom. The van der Waals surface area contributed by atoms with Gasteiger partial charge in [-0.05, 0) is 0 Å². The van der Waals surface area contributed by atoms with Crippen molar-refractivity contribution in [2.24, 2.45) is 0 Å². The highest BCUT2D eigenvalue weighted by atomic mass is 19.1. The molecule has 0 aliphatic rings. The lowest BCUT2D eigenvalue weighted by atomic mass is 10.4. The molecule has 0 aromatic carbocycles. The first-order valence-corrected chi connectivity index (χ1v) is 2.64. The van der Waals surface area contributed by atoms with Crippen molar-refractivity contribution in [3.8, 4) is 0 Å². The van der Waals surface area contributed by atoms with Crippen LogP contribution in [0.3, 0.4) is 0 Å². The molecule has 1 aromatic rings. The van der Waals surface area contributed by atoms with Gasteiger partial charge in [0, 0.05) is 12.3 Å². The number of nitrogens with zero attached hydrogens (tertiary/aromatic N) is 1. The third kappa shape index (κ3) is 1.23. The quantitative estimate of drug-likeness (QED) is 0.365. The zero-order valence-electron chi connectivity index (χ0n) is 5.20. The molecule has 0 unspecified atom stereocenters. The number of hydrogen-bond donors (Lipinski definition) is 1. The van der Waals surface area contributed by atoms with Crippen LogP contribution in [0.5, 0.6) is 0 Å². The number of aromatic nitrogens is 1. The maximum absolute atomic E-state index is 12.4. The van der Waals surface area contributed by atoms with Crippen LogP contribution in [0.2, 0.25) is 0 Å².